The van der Waals surface area contributed by atoms with E-state index in [0.717, 1.165) is 29.5 Å². The van der Waals surface area contributed by atoms with Crippen molar-refractivity contribution in [2.45, 2.75) is 57.3 Å². The van der Waals surface area contributed by atoms with Crippen LogP contribution in [0.2, 0.25) is 0 Å². The number of methoxy groups -OCH3 is 2. The zero-order chi connectivity index (χ0) is 20.8. The van der Waals surface area contributed by atoms with Crippen LogP contribution in [0.4, 0.5) is 0 Å². The van der Waals surface area contributed by atoms with Gasteiger partial charge in [-0.25, -0.2) is 0 Å². The Labute approximate surface area is 173 Å². The van der Waals surface area contributed by atoms with Crippen LogP contribution in [-0.2, 0) is 9.53 Å². The minimum Gasteiger partial charge on any atom is -0.496 e. The first-order chi connectivity index (χ1) is 14.1. The average molecular weight is 395 g/mol. The summed E-state index contributed by atoms with van der Waals surface area (Å²) in [6.07, 6.45) is 5.32. The molecule has 0 bridgehead atoms. The molecule has 1 aliphatic rings. The van der Waals surface area contributed by atoms with Crippen molar-refractivity contribution in [1.29, 1.82) is 0 Å². The number of benzene rings is 2. The second kappa shape index (κ2) is 9.73. The summed E-state index contributed by atoms with van der Waals surface area (Å²) in [5.74, 6) is 0.428. The van der Waals surface area contributed by atoms with Crippen molar-refractivity contribution in [2.24, 2.45) is 0 Å². The van der Waals surface area contributed by atoms with Gasteiger partial charge in [0.2, 0.25) is 0 Å². The lowest BCUT2D eigenvalue weighted by Crippen LogP contribution is -2.18. The van der Waals surface area contributed by atoms with Crippen molar-refractivity contribution in [3.8, 4) is 5.75 Å². The summed E-state index contributed by atoms with van der Waals surface area (Å²) in [6, 6.07) is 13.8. The second-order valence-electron chi connectivity index (χ2n) is 7.80. The lowest BCUT2D eigenvalue weighted by molar-refractivity contribution is -0.140. The predicted molar refractivity (Wildman–Crippen MR) is 114 cm³/mol. The highest BCUT2D eigenvalue weighted by atomic mass is 16.5. The van der Waals surface area contributed by atoms with E-state index < -0.39 is 5.92 Å². The fourth-order valence-corrected chi connectivity index (χ4v) is 4.49. The molecule has 0 radical (unpaired) electrons. The van der Waals surface area contributed by atoms with E-state index in [2.05, 4.69) is 6.07 Å². The number of hydrogen-bond donors (Lipinski definition) is 0. The topological polar surface area (TPSA) is 52.6 Å². The summed E-state index contributed by atoms with van der Waals surface area (Å²) in [7, 11) is 3.02. The molecular weight excluding hydrogens is 364 g/mol. The molecule has 1 fully saturated rings. The van der Waals surface area contributed by atoms with E-state index in [0.29, 0.717) is 23.7 Å². The van der Waals surface area contributed by atoms with E-state index in [1.54, 1.807) is 7.11 Å². The van der Waals surface area contributed by atoms with E-state index in [1.165, 1.54) is 20.0 Å². The minimum absolute atomic E-state index is 0.0000926. The van der Waals surface area contributed by atoms with Crippen molar-refractivity contribution < 1.29 is 19.1 Å². The standard InChI is InChI=1S/C25H30O4/c1-17-9-4-7-12-19(17)21(15-16-23(26)28-2)24(27)22-14-8-13-20(25(22)29-3)18-10-5-6-11-18/h4,7-9,12-14,18,21H,5-6,10-11,15-16H2,1-3H3. The molecule has 0 N–H and O–H groups in total. The van der Waals surface area contributed by atoms with Gasteiger partial charge < -0.3 is 9.47 Å². The lowest BCUT2D eigenvalue weighted by atomic mass is 9.83. The molecule has 0 aliphatic heterocycles. The highest BCUT2D eigenvalue weighted by Gasteiger charge is 2.29. The number of para-hydroxylation sites is 1. The SMILES string of the molecule is COC(=O)CCC(C(=O)c1cccc(C2CCCC2)c1OC)c1ccccc1C. The van der Waals surface area contributed by atoms with E-state index >= 15 is 0 Å². The molecule has 1 atom stereocenters. The number of aryl methyl sites for hydroxylation is 1. The highest BCUT2D eigenvalue weighted by molar-refractivity contribution is 6.04. The first-order valence-corrected chi connectivity index (χ1v) is 10.4. The maximum Gasteiger partial charge on any atom is 0.305 e. The van der Waals surface area contributed by atoms with Gasteiger partial charge in [-0.2, -0.15) is 0 Å². The largest absolute Gasteiger partial charge is 0.496 e. The van der Waals surface area contributed by atoms with Gasteiger partial charge in [0, 0.05) is 12.3 Å². The van der Waals surface area contributed by atoms with E-state index in [9.17, 15) is 9.59 Å². The zero-order valence-electron chi connectivity index (χ0n) is 17.6. The molecule has 29 heavy (non-hydrogen) atoms. The Bertz CT molecular complexity index is 865. The Morgan fingerprint density at radius 2 is 1.76 bits per heavy atom. The molecule has 3 rings (SSSR count). The number of Topliss-reactive ketones (excluding diaryl/α,β-unsaturated/α-hetero) is 1. The van der Waals surface area contributed by atoms with Gasteiger partial charge in [-0.3, -0.25) is 9.59 Å². The van der Waals surface area contributed by atoms with Crippen LogP contribution >= 0.6 is 0 Å². The number of hydrogen-bond acceptors (Lipinski definition) is 4. The van der Waals surface area contributed by atoms with Gasteiger partial charge >= 0.3 is 5.97 Å². The van der Waals surface area contributed by atoms with Crippen LogP contribution in [0.1, 0.15) is 77.4 Å². The Morgan fingerprint density at radius 3 is 2.41 bits per heavy atom. The van der Waals surface area contributed by atoms with E-state index in [1.807, 2.05) is 43.3 Å². The van der Waals surface area contributed by atoms with Crippen molar-refractivity contribution >= 4 is 11.8 Å². The smallest absolute Gasteiger partial charge is 0.305 e. The van der Waals surface area contributed by atoms with Crippen molar-refractivity contribution in [2.75, 3.05) is 14.2 Å². The maximum atomic E-state index is 13.7. The lowest BCUT2D eigenvalue weighted by Gasteiger charge is -2.22. The molecule has 0 heterocycles. The molecule has 4 nitrogen and oxygen atoms in total. The third-order valence-electron chi connectivity index (χ3n) is 6.06. The number of ether oxygens (including phenoxy) is 2. The molecule has 4 heteroatoms. The Morgan fingerprint density at radius 1 is 1.03 bits per heavy atom. The molecule has 2 aromatic rings. The quantitative estimate of drug-likeness (QED) is 0.433. The minimum atomic E-state index is -0.414. The summed E-state index contributed by atoms with van der Waals surface area (Å²) < 4.78 is 10.6. The Hall–Kier alpha value is -2.62. The van der Waals surface area contributed by atoms with Gasteiger partial charge in [-0.05, 0) is 54.9 Å². The molecule has 0 saturated heterocycles. The first kappa shape index (κ1) is 21.1. The molecule has 1 aliphatic carbocycles. The monoisotopic (exact) mass is 394 g/mol. The highest BCUT2D eigenvalue weighted by Crippen LogP contribution is 2.41. The summed E-state index contributed by atoms with van der Waals surface area (Å²) in [5, 5.41) is 0. The third kappa shape index (κ3) is 4.69. The van der Waals surface area contributed by atoms with Crippen LogP contribution in [0.15, 0.2) is 42.5 Å². The van der Waals surface area contributed by atoms with Gasteiger partial charge in [0.15, 0.2) is 5.78 Å². The van der Waals surface area contributed by atoms with Crippen LogP contribution in [0, 0.1) is 6.92 Å². The molecule has 0 aromatic heterocycles. The predicted octanol–water partition coefficient (Wildman–Crippen LogP) is 5.58. The molecule has 1 saturated carbocycles. The van der Waals surface area contributed by atoms with Gasteiger partial charge in [0.05, 0.1) is 19.8 Å². The summed E-state index contributed by atoms with van der Waals surface area (Å²) in [5.41, 5.74) is 3.73. The molecule has 0 amide bonds. The second-order valence-corrected chi connectivity index (χ2v) is 7.80. The summed E-state index contributed by atoms with van der Waals surface area (Å²) in [4.78, 5) is 25.5. The number of carbonyl (C=O) groups is 2. The van der Waals surface area contributed by atoms with Crippen molar-refractivity contribution in [1.82, 2.24) is 0 Å². The van der Waals surface area contributed by atoms with Gasteiger partial charge in [-0.15, -0.1) is 0 Å². The van der Waals surface area contributed by atoms with E-state index in [-0.39, 0.29) is 18.2 Å². The molecular formula is C25H30O4. The molecule has 2 aromatic carbocycles. The number of carbonyl (C=O) groups excluding carboxylic acids is 2. The number of esters is 1. The fourth-order valence-electron chi connectivity index (χ4n) is 4.49. The van der Waals surface area contributed by atoms with Crippen LogP contribution in [0.3, 0.4) is 0 Å². The number of ketones is 1. The van der Waals surface area contributed by atoms with Crippen molar-refractivity contribution in [3.05, 3.63) is 64.7 Å². The number of rotatable bonds is 8. The van der Waals surface area contributed by atoms with Crippen LogP contribution in [-0.4, -0.2) is 26.0 Å². The average Bonchev–Trinajstić information content (AvgIpc) is 3.28. The summed E-state index contributed by atoms with van der Waals surface area (Å²) in [6.45, 7) is 2.00. The van der Waals surface area contributed by atoms with Gasteiger partial charge in [0.25, 0.3) is 0 Å². The summed E-state index contributed by atoms with van der Waals surface area (Å²) >= 11 is 0. The van der Waals surface area contributed by atoms with Gasteiger partial charge in [0.1, 0.15) is 5.75 Å². The zero-order valence-corrected chi connectivity index (χ0v) is 17.6. The Kier molecular flexibility index (Phi) is 7.08. The molecule has 1 unspecified atom stereocenters. The van der Waals surface area contributed by atoms with Crippen molar-refractivity contribution in [3.63, 3.8) is 0 Å². The van der Waals surface area contributed by atoms with Gasteiger partial charge in [-0.1, -0.05) is 49.2 Å². The fraction of sp³-hybridized carbons (Fsp3) is 0.440. The first-order valence-electron chi connectivity index (χ1n) is 10.4. The Balaban J connectivity index is 2.00. The van der Waals surface area contributed by atoms with Crippen LogP contribution in [0.5, 0.6) is 5.75 Å². The third-order valence-corrected chi connectivity index (χ3v) is 6.06. The molecule has 154 valence electrons. The van der Waals surface area contributed by atoms with Crippen LogP contribution in [0.25, 0.3) is 0 Å². The van der Waals surface area contributed by atoms with E-state index in [4.69, 9.17) is 9.47 Å². The maximum absolute atomic E-state index is 13.7. The molecule has 0 spiro atoms. The normalized spacial score (nSPS) is 15.1. The van der Waals surface area contributed by atoms with Crippen LogP contribution < -0.4 is 4.74 Å².